The number of carbonyl (C=O) groups excluding carboxylic acids is 1. The Bertz CT molecular complexity index is 1560. The van der Waals surface area contributed by atoms with Crippen LogP contribution in [0.3, 0.4) is 0 Å². The number of ether oxygens (including phenoxy) is 1. The molecule has 0 spiro atoms. The van der Waals surface area contributed by atoms with Crippen molar-refractivity contribution < 1.29 is 31.5 Å². The molecule has 2 aromatic heterocycles. The molecule has 0 saturated heterocycles. The Labute approximate surface area is 219 Å². The number of aromatic nitrogens is 2. The molecule has 4 aromatic rings. The highest BCUT2D eigenvalue weighted by atomic mass is 19.4. The van der Waals surface area contributed by atoms with E-state index in [-0.39, 0.29) is 23.0 Å². The Kier molecular flexibility index (Phi) is 6.67. The number of hydrogen-bond acceptors (Lipinski definition) is 5. The summed E-state index contributed by atoms with van der Waals surface area (Å²) >= 11 is 0. The van der Waals surface area contributed by atoms with Crippen molar-refractivity contribution in [2.45, 2.75) is 38.0 Å². The van der Waals surface area contributed by atoms with E-state index in [1.165, 1.54) is 30.6 Å². The third kappa shape index (κ3) is 5.80. The molecule has 0 atom stereocenters. The maximum atomic E-state index is 14.3. The molecule has 12 heteroatoms. The molecule has 2 aromatic carbocycles. The summed E-state index contributed by atoms with van der Waals surface area (Å²) in [5.41, 5.74) is 8.11. The van der Waals surface area contributed by atoms with Gasteiger partial charge < -0.3 is 21.1 Å². The highest BCUT2D eigenvalue weighted by Gasteiger charge is 2.40. The number of nitrogens with two attached hydrogens (primary N) is 1. The molecule has 204 valence electrons. The second kappa shape index (κ2) is 9.84. The normalized spacial score (nSPS) is 14.3. The molecule has 1 amide bonds. The van der Waals surface area contributed by atoms with E-state index in [9.17, 15) is 26.7 Å². The van der Waals surface area contributed by atoms with Gasteiger partial charge in [-0.25, -0.2) is 9.37 Å². The van der Waals surface area contributed by atoms with Gasteiger partial charge in [-0.15, -0.1) is 0 Å². The fourth-order valence-electron chi connectivity index (χ4n) is 4.12. The maximum Gasteiger partial charge on any atom is 0.390 e. The first-order valence-corrected chi connectivity index (χ1v) is 12.1. The summed E-state index contributed by atoms with van der Waals surface area (Å²) in [6.45, 7) is 1.33. The number of hydrogen-bond donors (Lipinski definition) is 3. The van der Waals surface area contributed by atoms with Crippen LogP contribution in [0.4, 0.5) is 27.6 Å². The molecule has 0 radical (unpaired) electrons. The molecular weight excluding hydrogens is 521 g/mol. The van der Waals surface area contributed by atoms with Crippen LogP contribution in [-0.4, -0.2) is 33.7 Å². The van der Waals surface area contributed by atoms with Crippen LogP contribution in [0.2, 0.25) is 0 Å². The van der Waals surface area contributed by atoms with Crippen molar-refractivity contribution in [1.29, 1.82) is 0 Å². The highest BCUT2D eigenvalue weighted by molar-refractivity contribution is 5.97. The number of halogens is 5. The average Bonchev–Trinajstić information content (AvgIpc) is 3.42. The Hall–Kier alpha value is -4.19. The van der Waals surface area contributed by atoms with E-state index in [0.717, 1.165) is 6.07 Å². The molecule has 0 bridgehead atoms. The number of nitrogens with one attached hydrogen (secondary N) is 2. The Morgan fingerprint density at radius 3 is 2.64 bits per heavy atom. The van der Waals surface area contributed by atoms with Crippen LogP contribution in [0.5, 0.6) is 11.5 Å². The van der Waals surface area contributed by atoms with Crippen LogP contribution in [-0.2, 0) is 0 Å². The number of pyridine rings is 1. The zero-order chi connectivity index (χ0) is 27.9. The molecule has 1 aliphatic rings. The monoisotopic (exact) mass is 545 g/mol. The van der Waals surface area contributed by atoms with E-state index in [1.54, 1.807) is 29.5 Å². The second-order valence-corrected chi connectivity index (χ2v) is 9.51. The van der Waals surface area contributed by atoms with Gasteiger partial charge in [0.15, 0.2) is 17.2 Å². The molecule has 4 N–H and O–H groups in total. The quantitative estimate of drug-likeness (QED) is 0.189. The van der Waals surface area contributed by atoms with Crippen molar-refractivity contribution in [3.05, 3.63) is 77.6 Å². The van der Waals surface area contributed by atoms with Crippen LogP contribution < -0.4 is 21.1 Å². The van der Waals surface area contributed by atoms with Gasteiger partial charge in [-0.1, -0.05) is 12.1 Å². The van der Waals surface area contributed by atoms with Crippen LogP contribution in [0, 0.1) is 18.6 Å². The number of imidazole rings is 1. The predicted octanol–water partition coefficient (Wildman–Crippen LogP) is 5.92. The SMILES string of the molecule is Cc1cc(-c2cnc3c(NCCC(F)(F)F)cc(Oc4cccc(F)c4F)cn23)ccc1C(=O)NC1(N)CC1. The molecule has 1 aliphatic carbocycles. The molecule has 1 saturated carbocycles. The third-order valence-corrected chi connectivity index (χ3v) is 6.37. The Morgan fingerprint density at radius 2 is 1.95 bits per heavy atom. The molecule has 39 heavy (non-hydrogen) atoms. The number of fused-ring (bicyclic) bond motifs is 1. The minimum Gasteiger partial charge on any atom is -0.453 e. The van der Waals surface area contributed by atoms with Gasteiger partial charge >= 0.3 is 6.18 Å². The lowest BCUT2D eigenvalue weighted by Gasteiger charge is -2.15. The fourth-order valence-corrected chi connectivity index (χ4v) is 4.12. The van der Waals surface area contributed by atoms with Crippen molar-refractivity contribution in [3.63, 3.8) is 0 Å². The minimum absolute atomic E-state index is 0.0335. The van der Waals surface area contributed by atoms with Gasteiger partial charge in [-0.05, 0) is 49.6 Å². The first-order valence-electron chi connectivity index (χ1n) is 12.1. The van der Waals surface area contributed by atoms with E-state index in [2.05, 4.69) is 15.6 Å². The fraction of sp³-hybridized carbons (Fsp3) is 0.259. The first-order chi connectivity index (χ1) is 18.4. The largest absolute Gasteiger partial charge is 0.453 e. The number of alkyl halides is 3. The van der Waals surface area contributed by atoms with Crippen LogP contribution >= 0.6 is 0 Å². The maximum absolute atomic E-state index is 14.3. The molecule has 2 heterocycles. The molecule has 5 rings (SSSR count). The number of anilines is 1. The predicted molar refractivity (Wildman–Crippen MR) is 135 cm³/mol. The summed E-state index contributed by atoms with van der Waals surface area (Å²) in [5, 5.41) is 5.52. The van der Waals surface area contributed by atoms with Gasteiger partial charge in [-0.3, -0.25) is 9.20 Å². The second-order valence-electron chi connectivity index (χ2n) is 9.51. The zero-order valence-corrected chi connectivity index (χ0v) is 20.7. The van der Waals surface area contributed by atoms with Crippen molar-refractivity contribution >= 4 is 17.2 Å². The summed E-state index contributed by atoms with van der Waals surface area (Å²) in [4.78, 5) is 17.0. The Balaban J connectivity index is 1.52. The van der Waals surface area contributed by atoms with Gasteiger partial charge in [0, 0.05) is 23.7 Å². The number of nitrogens with zero attached hydrogens (tertiary/aromatic N) is 2. The Morgan fingerprint density at radius 1 is 1.18 bits per heavy atom. The smallest absolute Gasteiger partial charge is 0.390 e. The standard InChI is InChI=1S/C27H24F5N5O2/c1-15-11-16(5-6-18(15)25(38)36-26(33)7-8-26)21-13-35-24-20(34-10-9-27(30,31)32)12-17(14-37(21)24)39-22-4-2-3-19(28)23(22)29/h2-6,11-14,34H,7-10,33H2,1H3,(H,36,38). The molecule has 0 aliphatic heterocycles. The number of carbonyl (C=O) groups is 1. The lowest BCUT2D eigenvalue weighted by molar-refractivity contribution is -0.131. The van der Waals surface area contributed by atoms with Crippen molar-refractivity contribution in [2.75, 3.05) is 11.9 Å². The first kappa shape index (κ1) is 26.4. The van der Waals surface area contributed by atoms with Gasteiger partial charge in [0.05, 0.1) is 35.9 Å². The lowest BCUT2D eigenvalue weighted by atomic mass is 10.0. The number of aryl methyl sites for hydroxylation is 1. The average molecular weight is 546 g/mol. The number of benzene rings is 2. The summed E-state index contributed by atoms with van der Waals surface area (Å²) in [5.74, 6) is -2.96. The molecule has 7 nitrogen and oxygen atoms in total. The van der Waals surface area contributed by atoms with E-state index >= 15 is 0 Å². The van der Waals surface area contributed by atoms with Crippen molar-refractivity contribution in [1.82, 2.24) is 14.7 Å². The van der Waals surface area contributed by atoms with Gasteiger partial charge in [0.25, 0.3) is 5.91 Å². The van der Waals surface area contributed by atoms with Crippen molar-refractivity contribution in [2.24, 2.45) is 5.73 Å². The van der Waals surface area contributed by atoms with Crippen LogP contribution in [0.25, 0.3) is 16.9 Å². The molecular formula is C27H24F5N5O2. The zero-order valence-electron chi connectivity index (χ0n) is 20.7. The summed E-state index contributed by atoms with van der Waals surface area (Å²) in [6, 6.07) is 9.93. The van der Waals surface area contributed by atoms with Crippen LogP contribution in [0.15, 0.2) is 54.9 Å². The summed E-state index contributed by atoms with van der Waals surface area (Å²) in [6.07, 6.45) is -1.06. The van der Waals surface area contributed by atoms with E-state index in [4.69, 9.17) is 10.5 Å². The van der Waals surface area contributed by atoms with Crippen LogP contribution in [0.1, 0.15) is 35.2 Å². The van der Waals surface area contributed by atoms with Crippen molar-refractivity contribution in [3.8, 4) is 22.8 Å². The minimum atomic E-state index is -4.38. The molecule has 0 unspecified atom stereocenters. The van der Waals surface area contributed by atoms with E-state index in [0.29, 0.717) is 35.2 Å². The summed E-state index contributed by atoms with van der Waals surface area (Å²) in [7, 11) is 0. The topological polar surface area (TPSA) is 93.7 Å². The van der Waals surface area contributed by atoms with E-state index in [1.807, 2.05) is 0 Å². The number of rotatable bonds is 8. The molecule has 1 fully saturated rings. The lowest BCUT2D eigenvalue weighted by Crippen LogP contribution is -2.44. The van der Waals surface area contributed by atoms with E-state index < -0.39 is 42.2 Å². The highest BCUT2D eigenvalue weighted by Crippen LogP contribution is 2.34. The summed E-state index contributed by atoms with van der Waals surface area (Å²) < 4.78 is 73.5. The number of amides is 1. The third-order valence-electron chi connectivity index (χ3n) is 6.37. The van der Waals surface area contributed by atoms with Gasteiger partial charge in [0.1, 0.15) is 5.75 Å². The van der Waals surface area contributed by atoms with Gasteiger partial charge in [0.2, 0.25) is 5.82 Å². The van der Waals surface area contributed by atoms with Gasteiger partial charge in [-0.2, -0.15) is 17.6 Å².